The first kappa shape index (κ1) is 16.6. The maximum atomic E-state index is 13.9. The number of carbonyl (C=O) groups is 1. The molecule has 1 saturated heterocycles. The summed E-state index contributed by atoms with van der Waals surface area (Å²) in [7, 11) is 3.95. The van der Waals surface area contributed by atoms with Crippen LogP contribution in [-0.4, -0.2) is 47.4 Å². The van der Waals surface area contributed by atoms with E-state index in [4.69, 9.17) is 4.98 Å². The van der Waals surface area contributed by atoms with E-state index in [1.807, 2.05) is 43.5 Å². The minimum Gasteiger partial charge on any atom is -0.361 e. The minimum atomic E-state index is -0.470. The van der Waals surface area contributed by atoms with Gasteiger partial charge in [-0.05, 0) is 30.7 Å². The molecule has 26 heavy (non-hydrogen) atoms. The molecule has 1 amide bonds. The van der Waals surface area contributed by atoms with Crippen LogP contribution in [0.15, 0.2) is 48.8 Å². The SMILES string of the molecule is CN(C)c1nc(C2CCN(C(=O)c3ccccc3F)C2)cn2cccc12. The van der Waals surface area contributed by atoms with Gasteiger partial charge in [-0.15, -0.1) is 0 Å². The molecular formula is C20H21FN4O. The van der Waals surface area contributed by atoms with Crippen LogP contribution in [0.2, 0.25) is 0 Å². The number of amides is 1. The Morgan fingerprint density at radius 1 is 1.23 bits per heavy atom. The highest BCUT2D eigenvalue weighted by molar-refractivity contribution is 5.94. The molecule has 0 saturated carbocycles. The Morgan fingerprint density at radius 2 is 2.04 bits per heavy atom. The molecular weight excluding hydrogens is 331 g/mol. The summed E-state index contributed by atoms with van der Waals surface area (Å²) < 4.78 is 16.0. The maximum Gasteiger partial charge on any atom is 0.256 e. The molecule has 1 aliphatic heterocycles. The minimum absolute atomic E-state index is 0.135. The van der Waals surface area contributed by atoms with Crippen LogP contribution >= 0.6 is 0 Å². The van der Waals surface area contributed by atoms with E-state index in [2.05, 4.69) is 4.40 Å². The summed E-state index contributed by atoms with van der Waals surface area (Å²) in [6.45, 7) is 1.17. The third-order valence-electron chi connectivity index (χ3n) is 4.94. The first-order chi connectivity index (χ1) is 12.5. The molecule has 3 aromatic rings. The molecule has 3 heterocycles. The molecule has 0 N–H and O–H groups in total. The second-order valence-corrected chi connectivity index (χ2v) is 6.90. The van der Waals surface area contributed by atoms with Crippen LogP contribution in [0.25, 0.3) is 5.52 Å². The molecule has 1 atom stereocenters. The number of benzene rings is 1. The molecule has 6 heteroatoms. The summed E-state index contributed by atoms with van der Waals surface area (Å²) >= 11 is 0. The summed E-state index contributed by atoms with van der Waals surface area (Å²) in [5.74, 6) is 0.339. The first-order valence-electron chi connectivity index (χ1n) is 8.73. The van der Waals surface area contributed by atoms with Gasteiger partial charge in [-0.1, -0.05) is 12.1 Å². The monoisotopic (exact) mass is 352 g/mol. The smallest absolute Gasteiger partial charge is 0.256 e. The maximum absolute atomic E-state index is 13.9. The molecule has 1 unspecified atom stereocenters. The summed E-state index contributed by atoms with van der Waals surface area (Å²) in [5, 5.41) is 0. The lowest BCUT2D eigenvalue weighted by molar-refractivity contribution is 0.0786. The average molecular weight is 352 g/mol. The van der Waals surface area contributed by atoms with Crippen molar-refractivity contribution >= 4 is 17.2 Å². The number of aromatic nitrogens is 2. The molecule has 2 aromatic heterocycles. The Balaban J connectivity index is 1.60. The quantitative estimate of drug-likeness (QED) is 0.727. The third kappa shape index (κ3) is 2.81. The van der Waals surface area contributed by atoms with Gasteiger partial charge in [0, 0.05) is 45.5 Å². The van der Waals surface area contributed by atoms with Crippen LogP contribution in [0.5, 0.6) is 0 Å². The predicted octanol–water partition coefficient (Wildman–Crippen LogP) is 3.17. The summed E-state index contributed by atoms with van der Waals surface area (Å²) in [5.41, 5.74) is 2.15. The number of nitrogens with zero attached hydrogens (tertiary/aromatic N) is 4. The summed E-state index contributed by atoms with van der Waals surface area (Å²) in [6, 6.07) is 10.2. The number of hydrogen-bond donors (Lipinski definition) is 0. The van der Waals surface area contributed by atoms with Gasteiger partial charge in [0.15, 0.2) is 5.82 Å². The topological polar surface area (TPSA) is 40.9 Å². The molecule has 0 spiro atoms. The van der Waals surface area contributed by atoms with E-state index in [0.717, 1.165) is 23.4 Å². The zero-order valence-corrected chi connectivity index (χ0v) is 14.9. The van der Waals surface area contributed by atoms with Gasteiger partial charge in [0.05, 0.1) is 16.8 Å². The zero-order chi connectivity index (χ0) is 18.3. The van der Waals surface area contributed by atoms with Crippen molar-refractivity contribution in [1.29, 1.82) is 0 Å². The van der Waals surface area contributed by atoms with Crippen molar-refractivity contribution in [2.45, 2.75) is 12.3 Å². The molecule has 1 aromatic carbocycles. The van der Waals surface area contributed by atoms with Crippen LogP contribution in [0.4, 0.5) is 10.2 Å². The number of rotatable bonds is 3. The lowest BCUT2D eigenvalue weighted by atomic mass is 10.1. The fourth-order valence-corrected chi connectivity index (χ4v) is 3.56. The standard InChI is InChI=1S/C20H21FN4O/c1-23(2)19-18-8-5-10-24(18)13-17(22-19)14-9-11-25(12-14)20(26)15-6-3-4-7-16(15)21/h3-8,10,13-14H,9,11-12H2,1-2H3. The van der Waals surface area contributed by atoms with Gasteiger partial charge >= 0.3 is 0 Å². The average Bonchev–Trinajstić information content (AvgIpc) is 3.29. The fourth-order valence-electron chi connectivity index (χ4n) is 3.56. The number of hydrogen-bond acceptors (Lipinski definition) is 3. The van der Waals surface area contributed by atoms with Crippen LogP contribution in [0.1, 0.15) is 28.4 Å². The van der Waals surface area contributed by atoms with E-state index in [1.165, 1.54) is 6.07 Å². The van der Waals surface area contributed by atoms with Crippen molar-refractivity contribution in [3.8, 4) is 0 Å². The number of fused-ring (bicyclic) bond motifs is 1. The van der Waals surface area contributed by atoms with Crippen molar-refractivity contribution in [3.05, 3.63) is 65.9 Å². The van der Waals surface area contributed by atoms with E-state index in [0.29, 0.717) is 13.1 Å². The highest BCUT2D eigenvalue weighted by Gasteiger charge is 2.30. The van der Waals surface area contributed by atoms with Crippen molar-refractivity contribution in [1.82, 2.24) is 14.3 Å². The van der Waals surface area contributed by atoms with Gasteiger partial charge in [-0.3, -0.25) is 4.79 Å². The van der Waals surface area contributed by atoms with E-state index in [1.54, 1.807) is 23.1 Å². The molecule has 1 aliphatic rings. The molecule has 0 aliphatic carbocycles. The van der Waals surface area contributed by atoms with E-state index < -0.39 is 5.82 Å². The normalized spacial score (nSPS) is 17.0. The van der Waals surface area contributed by atoms with Gasteiger partial charge in [0.25, 0.3) is 5.91 Å². The van der Waals surface area contributed by atoms with Crippen molar-refractivity contribution < 1.29 is 9.18 Å². The van der Waals surface area contributed by atoms with Gasteiger partial charge < -0.3 is 14.2 Å². The Hall–Kier alpha value is -2.89. The Morgan fingerprint density at radius 3 is 2.81 bits per heavy atom. The first-order valence-corrected chi connectivity index (χ1v) is 8.73. The molecule has 1 fully saturated rings. The van der Waals surface area contributed by atoms with Gasteiger partial charge in [-0.2, -0.15) is 0 Å². The second kappa shape index (κ2) is 6.44. The number of likely N-dealkylation sites (tertiary alicyclic amines) is 1. The van der Waals surface area contributed by atoms with Gasteiger partial charge in [0.1, 0.15) is 5.82 Å². The van der Waals surface area contributed by atoms with Crippen molar-refractivity contribution in [3.63, 3.8) is 0 Å². The number of carbonyl (C=O) groups excluding carboxylic acids is 1. The van der Waals surface area contributed by atoms with Crippen LogP contribution in [-0.2, 0) is 0 Å². The zero-order valence-electron chi connectivity index (χ0n) is 14.9. The largest absolute Gasteiger partial charge is 0.361 e. The van der Waals surface area contributed by atoms with Crippen LogP contribution in [0, 0.1) is 5.82 Å². The van der Waals surface area contributed by atoms with Gasteiger partial charge in [-0.25, -0.2) is 9.37 Å². The second-order valence-electron chi connectivity index (χ2n) is 6.90. The third-order valence-corrected chi connectivity index (χ3v) is 4.94. The highest BCUT2D eigenvalue weighted by atomic mass is 19.1. The summed E-state index contributed by atoms with van der Waals surface area (Å²) in [4.78, 5) is 21.2. The Kier molecular flexibility index (Phi) is 4.11. The van der Waals surface area contributed by atoms with Crippen LogP contribution in [0.3, 0.4) is 0 Å². The van der Waals surface area contributed by atoms with Crippen LogP contribution < -0.4 is 4.90 Å². The molecule has 0 radical (unpaired) electrons. The Bertz CT molecular complexity index is 965. The molecule has 134 valence electrons. The number of halogens is 1. The van der Waals surface area contributed by atoms with Gasteiger partial charge in [0.2, 0.25) is 0 Å². The lowest BCUT2D eigenvalue weighted by Gasteiger charge is -2.19. The highest BCUT2D eigenvalue weighted by Crippen LogP contribution is 2.30. The molecule has 5 nitrogen and oxygen atoms in total. The number of anilines is 1. The lowest BCUT2D eigenvalue weighted by Crippen LogP contribution is -2.29. The fraction of sp³-hybridized carbons (Fsp3) is 0.300. The van der Waals surface area contributed by atoms with Crippen molar-refractivity contribution in [2.75, 3.05) is 32.1 Å². The van der Waals surface area contributed by atoms with E-state index in [-0.39, 0.29) is 17.4 Å². The van der Waals surface area contributed by atoms with Crippen molar-refractivity contribution in [2.24, 2.45) is 0 Å². The molecule has 4 rings (SSSR count). The Labute approximate surface area is 151 Å². The van der Waals surface area contributed by atoms with E-state index >= 15 is 0 Å². The van der Waals surface area contributed by atoms with E-state index in [9.17, 15) is 9.18 Å². The summed E-state index contributed by atoms with van der Waals surface area (Å²) in [6.07, 6.45) is 4.86. The predicted molar refractivity (Wildman–Crippen MR) is 99.2 cm³/mol. The molecule has 0 bridgehead atoms.